The smallest absolute Gasteiger partial charge is 0.249 e. The number of allylic oxidation sites excluding steroid dienone is 1. The maximum absolute atomic E-state index is 10.7. The summed E-state index contributed by atoms with van der Waals surface area (Å²) in [5, 5.41) is 0. The van der Waals surface area contributed by atoms with Crippen molar-refractivity contribution in [1.29, 1.82) is 0 Å². The Hall–Kier alpha value is -1.38. The Bertz CT molecular complexity index is 356. The average Bonchev–Trinajstić information content (AvgIpc) is 2.04. The van der Waals surface area contributed by atoms with Gasteiger partial charge in [-0.3, -0.25) is 9.59 Å². The number of anilines is 1. The van der Waals surface area contributed by atoms with E-state index in [1.165, 1.54) is 0 Å². The first-order valence-corrected chi connectivity index (χ1v) is 3.43. The standard InChI is InChI=1S/C8H9NO2/c1-2-3-4-5-6(9)8(11)7(5)10/h3-4H,2,9H2,1H3. The van der Waals surface area contributed by atoms with Crippen LogP contribution in [-0.2, 0) is 0 Å². The SMILES string of the molecule is CCC=Cc1c(N)c(=O)c1=O. The van der Waals surface area contributed by atoms with Gasteiger partial charge in [-0.1, -0.05) is 19.1 Å². The summed E-state index contributed by atoms with van der Waals surface area (Å²) in [7, 11) is 0. The normalized spacial score (nSPS) is 11.4. The van der Waals surface area contributed by atoms with Crippen LogP contribution in [-0.4, -0.2) is 0 Å². The Labute approximate surface area is 63.8 Å². The van der Waals surface area contributed by atoms with Gasteiger partial charge in [0.15, 0.2) is 0 Å². The van der Waals surface area contributed by atoms with Gasteiger partial charge < -0.3 is 5.73 Å². The van der Waals surface area contributed by atoms with Gasteiger partial charge >= 0.3 is 0 Å². The highest BCUT2D eigenvalue weighted by atomic mass is 16.2. The van der Waals surface area contributed by atoms with E-state index in [1.54, 1.807) is 12.2 Å². The minimum atomic E-state index is -0.555. The van der Waals surface area contributed by atoms with E-state index < -0.39 is 10.9 Å². The van der Waals surface area contributed by atoms with E-state index in [4.69, 9.17) is 5.73 Å². The van der Waals surface area contributed by atoms with Crippen LogP contribution in [0.5, 0.6) is 0 Å². The summed E-state index contributed by atoms with van der Waals surface area (Å²) in [5.41, 5.74) is 4.69. The monoisotopic (exact) mass is 151 g/mol. The second-order valence-corrected chi connectivity index (χ2v) is 2.30. The molecule has 0 radical (unpaired) electrons. The first-order chi connectivity index (χ1) is 5.18. The zero-order chi connectivity index (χ0) is 8.43. The molecule has 3 heteroatoms. The molecule has 0 aromatic heterocycles. The highest BCUT2D eigenvalue weighted by Crippen LogP contribution is 2.04. The molecule has 0 saturated heterocycles. The predicted molar refractivity (Wildman–Crippen MR) is 45.1 cm³/mol. The third kappa shape index (κ3) is 1.09. The van der Waals surface area contributed by atoms with E-state index in [1.807, 2.05) is 6.92 Å². The zero-order valence-electron chi connectivity index (χ0n) is 6.26. The van der Waals surface area contributed by atoms with Gasteiger partial charge in [-0.2, -0.15) is 0 Å². The second-order valence-electron chi connectivity index (χ2n) is 2.30. The van der Waals surface area contributed by atoms with E-state index in [9.17, 15) is 9.59 Å². The van der Waals surface area contributed by atoms with E-state index in [2.05, 4.69) is 0 Å². The number of nitrogen functional groups attached to an aromatic ring is 1. The van der Waals surface area contributed by atoms with Crippen LogP contribution in [0.15, 0.2) is 15.7 Å². The number of hydrogen-bond donors (Lipinski definition) is 1. The minimum Gasteiger partial charge on any atom is -0.395 e. The lowest BCUT2D eigenvalue weighted by molar-refractivity contribution is 1.23. The van der Waals surface area contributed by atoms with Gasteiger partial charge in [0.1, 0.15) is 0 Å². The Morgan fingerprint density at radius 3 is 2.45 bits per heavy atom. The summed E-state index contributed by atoms with van der Waals surface area (Å²) in [6.45, 7) is 1.94. The van der Waals surface area contributed by atoms with Crippen molar-refractivity contribution < 1.29 is 0 Å². The average molecular weight is 151 g/mol. The molecule has 0 bridgehead atoms. The first-order valence-electron chi connectivity index (χ1n) is 3.43. The maximum Gasteiger partial charge on any atom is 0.249 e. The molecular formula is C8H9NO2. The fourth-order valence-corrected chi connectivity index (χ4v) is 0.828. The molecule has 1 aromatic rings. The number of hydrogen-bond acceptors (Lipinski definition) is 3. The quantitative estimate of drug-likeness (QED) is 0.618. The summed E-state index contributed by atoms with van der Waals surface area (Å²) in [5.74, 6) is 0. The van der Waals surface area contributed by atoms with Gasteiger partial charge in [0.25, 0.3) is 0 Å². The topological polar surface area (TPSA) is 60.2 Å². The molecular weight excluding hydrogens is 142 g/mol. The molecule has 0 fully saturated rings. The summed E-state index contributed by atoms with van der Waals surface area (Å²) in [6.07, 6.45) is 4.23. The van der Waals surface area contributed by atoms with Gasteiger partial charge in [0.2, 0.25) is 10.9 Å². The van der Waals surface area contributed by atoms with Gasteiger partial charge in [-0.15, -0.1) is 0 Å². The van der Waals surface area contributed by atoms with Crippen LogP contribution in [0.4, 0.5) is 5.69 Å². The van der Waals surface area contributed by atoms with Crippen LogP contribution in [0.1, 0.15) is 18.9 Å². The third-order valence-corrected chi connectivity index (χ3v) is 1.51. The van der Waals surface area contributed by atoms with Crippen molar-refractivity contribution in [3.8, 4) is 0 Å². The molecule has 0 saturated carbocycles. The molecule has 0 heterocycles. The van der Waals surface area contributed by atoms with Crippen molar-refractivity contribution in [3.63, 3.8) is 0 Å². The van der Waals surface area contributed by atoms with Crippen molar-refractivity contribution in [3.05, 3.63) is 32.1 Å². The molecule has 1 aromatic carbocycles. The van der Waals surface area contributed by atoms with Crippen molar-refractivity contribution in [2.24, 2.45) is 0 Å². The Morgan fingerprint density at radius 1 is 1.36 bits per heavy atom. The molecule has 0 spiro atoms. The van der Waals surface area contributed by atoms with E-state index in [-0.39, 0.29) is 5.69 Å². The van der Waals surface area contributed by atoms with E-state index >= 15 is 0 Å². The molecule has 0 aliphatic rings. The molecule has 2 N–H and O–H groups in total. The third-order valence-electron chi connectivity index (χ3n) is 1.51. The summed E-state index contributed by atoms with van der Waals surface area (Å²) in [4.78, 5) is 21.3. The maximum atomic E-state index is 10.7. The minimum absolute atomic E-state index is 0.0969. The molecule has 1 rings (SSSR count). The van der Waals surface area contributed by atoms with Crippen LogP contribution < -0.4 is 16.6 Å². The first kappa shape index (κ1) is 7.72. The molecule has 0 aliphatic heterocycles. The fraction of sp³-hybridized carbons (Fsp3) is 0.250. The molecule has 58 valence electrons. The van der Waals surface area contributed by atoms with Crippen LogP contribution >= 0.6 is 0 Å². The van der Waals surface area contributed by atoms with Gasteiger partial charge in [0, 0.05) is 0 Å². The lowest BCUT2D eigenvalue weighted by atomic mass is 10.1. The number of rotatable bonds is 2. The lowest BCUT2D eigenvalue weighted by Crippen LogP contribution is -2.36. The Balaban J connectivity index is 3.00. The van der Waals surface area contributed by atoms with Crippen LogP contribution in [0, 0.1) is 0 Å². The largest absolute Gasteiger partial charge is 0.395 e. The summed E-state index contributed by atoms with van der Waals surface area (Å²) < 4.78 is 0. The highest BCUT2D eigenvalue weighted by molar-refractivity contribution is 5.68. The fourth-order valence-electron chi connectivity index (χ4n) is 0.828. The molecule has 0 unspecified atom stereocenters. The zero-order valence-corrected chi connectivity index (χ0v) is 6.26. The van der Waals surface area contributed by atoms with Gasteiger partial charge in [-0.25, -0.2) is 0 Å². The Kier molecular flexibility index (Phi) is 1.89. The predicted octanol–water partition coefficient (Wildman–Crippen LogP) is 0.288. The van der Waals surface area contributed by atoms with Crippen molar-refractivity contribution in [2.75, 3.05) is 5.73 Å². The van der Waals surface area contributed by atoms with Crippen LogP contribution in [0.25, 0.3) is 6.08 Å². The second kappa shape index (κ2) is 2.70. The molecule has 0 aliphatic carbocycles. The van der Waals surface area contributed by atoms with E-state index in [0.29, 0.717) is 5.56 Å². The molecule has 3 nitrogen and oxygen atoms in total. The van der Waals surface area contributed by atoms with Crippen LogP contribution in [0.3, 0.4) is 0 Å². The highest BCUT2D eigenvalue weighted by Gasteiger charge is 2.13. The molecule has 11 heavy (non-hydrogen) atoms. The van der Waals surface area contributed by atoms with Gasteiger partial charge in [-0.05, 0) is 6.42 Å². The van der Waals surface area contributed by atoms with Crippen molar-refractivity contribution >= 4 is 11.8 Å². The number of nitrogens with two attached hydrogens (primary N) is 1. The Morgan fingerprint density at radius 2 is 2.00 bits per heavy atom. The van der Waals surface area contributed by atoms with Crippen molar-refractivity contribution in [2.45, 2.75) is 13.3 Å². The summed E-state index contributed by atoms with van der Waals surface area (Å²) in [6, 6.07) is 0. The van der Waals surface area contributed by atoms with Crippen molar-refractivity contribution in [1.82, 2.24) is 0 Å². The summed E-state index contributed by atoms with van der Waals surface area (Å²) >= 11 is 0. The van der Waals surface area contributed by atoms with Crippen LogP contribution in [0.2, 0.25) is 0 Å². The lowest BCUT2D eigenvalue weighted by Gasteiger charge is -1.98. The molecule has 0 amide bonds. The molecule has 0 atom stereocenters. The van der Waals surface area contributed by atoms with E-state index in [0.717, 1.165) is 6.42 Å². The van der Waals surface area contributed by atoms with Gasteiger partial charge in [0.05, 0.1) is 11.3 Å².